The molecule has 0 radical (unpaired) electrons. The van der Waals surface area contributed by atoms with E-state index < -0.39 is 0 Å². The Morgan fingerprint density at radius 3 is 2.50 bits per heavy atom. The molecule has 2 aromatic carbocycles. The van der Waals surface area contributed by atoms with Crippen molar-refractivity contribution in [3.05, 3.63) is 60.2 Å². The van der Waals surface area contributed by atoms with Gasteiger partial charge in [0.25, 0.3) is 0 Å². The van der Waals surface area contributed by atoms with Gasteiger partial charge in [0.2, 0.25) is 5.88 Å². The Kier molecular flexibility index (Phi) is 3.06. The van der Waals surface area contributed by atoms with Gasteiger partial charge in [0, 0.05) is 10.9 Å². The Morgan fingerprint density at radius 2 is 1.80 bits per heavy atom. The Bertz CT molecular complexity index is 801. The smallest absolute Gasteiger partial charge is 0.221 e. The summed E-state index contributed by atoms with van der Waals surface area (Å²) < 4.78 is 5.39. The van der Waals surface area contributed by atoms with Crippen LogP contribution < -0.4 is 4.74 Å². The van der Waals surface area contributed by atoms with E-state index in [1.54, 1.807) is 19.2 Å². The predicted molar refractivity (Wildman–Crippen MR) is 78.4 cm³/mol. The van der Waals surface area contributed by atoms with Crippen molar-refractivity contribution < 1.29 is 4.74 Å². The summed E-state index contributed by atoms with van der Waals surface area (Å²) in [5, 5.41) is 9.92. The van der Waals surface area contributed by atoms with Crippen LogP contribution in [-0.2, 0) is 0 Å². The second-order valence-corrected chi connectivity index (χ2v) is 4.43. The van der Waals surface area contributed by atoms with Gasteiger partial charge in [0.1, 0.15) is 0 Å². The molecular formula is C17H12N2O. The molecule has 3 rings (SSSR count). The molecule has 0 aliphatic rings. The number of rotatable bonds is 2. The summed E-state index contributed by atoms with van der Waals surface area (Å²) in [7, 11) is 1.62. The van der Waals surface area contributed by atoms with Gasteiger partial charge < -0.3 is 4.74 Å². The third kappa shape index (κ3) is 2.08. The van der Waals surface area contributed by atoms with Gasteiger partial charge in [-0.2, -0.15) is 5.26 Å². The van der Waals surface area contributed by atoms with Crippen LogP contribution in [0.15, 0.2) is 54.6 Å². The number of hydrogen-bond donors (Lipinski definition) is 0. The van der Waals surface area contributed by atoms with Gasteiger partial charge in [-0.15, -0.1) is 0 Å². The third-order valence-corrected chi connectivity index (χ3v) is 3.21. The number of aromatic nitrogens is 1. The van der Waals surface area contributed by atoms with Gasteiger partial charge in [-0.05, 0) is 29.8 Å². The molecule has 0 bridgehead atoms. The topological polar surface area (TPSA) is 45.9 Å². The van der Waals surface area contributed by atoms with Crippen molar-refractivity contribution in [2.45, 2.75) is 0 Å². The van der Waals surface area contributed by atoms with Crippen LogP contribution in [-0.4, -0.2) is 12.1 Å². The van der Waals surface area contributed by atoms with E-state index in [0.717, 1.165) is 22.0 Å². The van der Waals surface area contributed by atoms with Gasteiger partial charge in [0.05, 0.1) is 24.3 Å². The van der Waals surface area contributed by atoms with Crippen LogP contribution >= 0.6 is 0 Å². The molecule has 0 unspecified atom stereocenters. The number of pyridine rings is 1. The Morgan fingerprint density at radius 1 is 1.05 bits per heavy atom. The third-order valence-electron chi connectivity index (χ3n) is 3.21. The van der Waals surface area contributed by atoms with Crippen LogP contribution in [0.3, 0.4) is 0 Å². The van der Waals surface area contributed by atoms with Crippen LogP contribution in [0, 0.1) is 11.3 Å². The first-order chi connectivity index (χ1) is 9.81. The molecule has 0 saturated carbocycles. The molecule has 0 spiro atoms. The maximum Gasteiger partial charge on any atom is 0.221 e. The lowest BCUT2D eigenvalue weighted by atomic mass is 10.0. The molecule has 3 nitrogen and oxygen atoms in total. The lowest BCUT2D eigenvalue weighted by Gasteiger charge is -2.09. The lowest BCUT2D eigenvalue weighted by Crippen LogP contribution is -1.93. The number of para-hydroxylation sites is 1. The highest BCUT2D eigenvalue weighted by Crippen LogP contribution is 2.31. The first-order valence-electron chi connectivity index (χ1n) is 6.26. The largest absolute Gasteiger partial charge is 0.481 e. The number of methoxy groups -OCH3 is 1. The van der Waals surface area contributed by atoms with Crippen molar-refractivity contribution in [3.63, 3.8) is 0 Å². The van der Waals surface area contributed by atoms with E-state index in [1.807, 2.05) is 36.4 Å². The van der Waals surface area contributed by atoms with E-state index in [0.29, 0.717) is 11.4 Å². The first-order valence-corrected chi connectivity index (χ1v) is 6.26. The van der Waals surface area contributed by atoms with Crippen LogP contribution in [0.5, 0.6) is 5.88 Å². The fraction of sp³-hybridized carbons (Fsp3) is 0.0588. The monoisotopic (exact) mass is 260 g/mol. The average Bonchev–Trinajstić information content (AvgIpc) is 2.53. The zero-order valence-corrected chi connectivity index (χ0v) is 11.0. The summed E-state index contributed by atoms with van der Waals surface area (Å²) in [5.41, 5.74) is 3.46. The minimum atomic E-state index is 0.591. The van der Waals surface area contributed by atoms with Crippen molar-refractivity contribution in [1.82, 2.24) is 4.98 Å². The van der Waals surface area contributed by atoms with Crippen LogP contribution in [0.4, 0.5) is 0 Å². The number of hydrogen-bond acceptors (Lipinski definition) is 3. The lowest BCUT2D eigenvalue weighted by molar-refractivity contribution is 0.401. The number of benzene rings is 2. The van der Waals surface area contributed by atoms with Crippen LogP contribution in [0.1, 0.15) is 5.56 Å². The Hall–Kier alpha value is -2.86. The van der Waals surface area contributed by atoms with E-state index >= 15 is 0 Å². The van der Waals surface area contributed by atoms with Crippen molar-refractivity contribution >= 4 is 10.9 Å². The molecule has 96 valence electrons. The van der Waals surface area contributed by atoms with Gasteiger partial charge >= 0.3 is 0 Å². The van der Waals surface area contributed by atoms with E-state index in [1.165, 1.54) is 0 Å². The standard InChI is InChI=1S/C17H12N2O/c1-20-17-15(13-8-6-12(11-18)7-9-13)10-14-4-2-3-5-16(14)19-17/h2-10H,1H3. The summed E-state index contributed by atoms with van der Waals surface area (Å²) in [6.45, 7) is 0. The maximum atomic E-state index is 8.85. The molecule has 3 aromatic rings. The molecule has 0 amide bonds. The molecule has 0 aliphatic carbocycles. The van der Waals surface area contributed by atoms with Gasteiger partial charge in [-0.1, -0.05) is 30.3 Å². The SMILES string of the molecule is COc1nc2ccccc2cc1-c1ccc(C#N)cc1. The summed E-state index contributed by atoms with van der Waals surface area (Å²) in [6, 6.07) is 19.5. The second-order valence-electron chi connectivity index (χ2n) is 4.43. The number of ether oxygens (including phenoxy) is 1. The van der Waals surface area contributed by atoms with Crippen LogP contribution in [0.25, 0.3) is 22.0 Å². The highest BCUT2D eigenvalue weighted by atomic mass is 16.5. The minimum absolute atomic E-state index is 0.591. The fourth-order valence-electron chi connectivity index (χ4n) is 2.18. The molecular weight excluding hydrogens is 248 g/mol. The molecule has 20 heavy (non-hydrogen) atoms. The quantitative estimate of drug-likeness (QED) is 0.704. The van der Waals surface area contributed by atoms with Crippen molar-refractivity contribution in [2.24, 2.45) is 0 Å². The normalized spacial score (nSPS) is 10.2. The van der Waals surface area contributed by atoms with Crippen molar-refractivity contribution in [1.29, 1.82) is 5.26 Å². The number of fused-ring (bicyclic) bond motifs is 1. The minimum Gasteiger partial charge on any atom is -0.481 e. The summed E-state index contributed by atoms with van der Waals surface area (Å²) in [5.74, 6) is 0.591. The molecule has 0 N–H and O–H groups in total. The van der Waals surface area contributed by atoms with E-state index in [4.69, 9.17) is 10.00 Å². The van der Waals surface area contributed by atoms with E-state index in [9.17, 15) is 0 Å². The fourth-order valence-corrected chi connectivity index (χ4v) is 2.18. The molecule has 0 aliphatic heterocycles. The highest BCUT2D eigenvalue weighted by Gasteiger charge is 2.09. The van der Waals surface area contributed by atoms with Crippen molar-refractivity contribution in [3.8, 4) is 23.1 Å². The molecule has 0 fully saturated rings. The molecule has 0 atom stereocenters. The zero-order chi connectivity index (χ0) is 13.9. The summed E-state index contributed by atoms with van der Waals surface area (Å²) >= 11 is 0. The van der Waals surface area contributed by atoms with Gasteiger partial charge in [0.15, 0.2) is 0 Å². The summed E-state index contributed by atoms with van der Waals surface area (Å²) in [4.78, 5) is 4.53. The van der Waals surface area contributed by atoms with Crippen LogP contribution in [0.2, 0.25) is 0 Å². The first kappa shape index (κ1) is 12.2. The van der Waals surface area contributed by atoms with Crippen molar-refractivity contribution in [2.75, 3.05) is 7.11 Å². The molecule has 1 heterocycles. The molecule has 0 saturated heterocycles. The maximum absolute atomic E-state index is 8.85. The predicted octanol–water partition coefficient (Wildman–Crippen LogP) is 3.78. The summed E-state index contributed by atoms with van der Waals surface area (Å²) in [6.07, 6.45) is 0. The Labute approximate surface area is 117 Å². The molecule has 1 aromatic heterocycles. The van der Waals surface area contributed by atoms with Gasteiger partial charge in [-0.25, -0.2) is 4.98 Å². The van der Waals surface area contributed by atoms with Gasteiger partial charge in [-0.3, -0.25) is 0 Å². The average molecular weight is 260 g/mol. The number of nitrogens with zero attached hydrogens (tertiary/aromatic N) is 2. The van der Waals surface area contributed by atoms with E-state index in [-0.39, 0.29) is 0 Å². The Balaban J connectivity index is 2.20. The highest BCUT2D eigenvalue weighted by molar-refractivity contribution is 5.86. The molecule has 3 heteroatoms. The second kappa shape index (κ2) is 5.02. The van der Waals surface area contributed by atoms with E-state index in [2.05, 4.69) is 17.1 Å². The number of nitriles is 1. The zero-order valence-electron chi connectivity index (χ0n) is 11.0.